The van der Waals surface area contributed by atoms with Gasteiger partial charge in [0.15, 0.2) is 0 Å². The van der Waals surface area contributed by atoms with Gasteiger partial charge in [-0.2, -0.15) is 0 Å². The maximum atomic E-state index is 12.3. The summed E-state index contributed by atoms with van der Waals surface area (Å²) in [6, 6.07) is 4.31. The van der Waals surface area contributed by atoms with Crippen molar-refractivity contribution in [2.45, 2.75) is 0 Å². The quantitative estimate of drug-likeness (QED) is 0.428. The molecule has 0 atom stereocenters. The number of hydrogen-bond acceptors (Lipinski definition) is 7. The first-order valence-electron chi connectivity index (χ1n) is 6.89. The van der Waals surface area contributed by atoms with E-state index in [1.54, 1.807) is 18.2 Å². The molecule has 1 aliphatic heterocycles. The van der Waals surface area contributed by atoms with Gasteiger partial charge in [0.2, 0.25) is 0 Å². The molecule has 9 heteroatoms. The molecular weight excluding hydrogens is 396 g/mol. The number of nitro groups is 1. The number of esters is 2. The Morgan fingerprint density at radius 3 is 2.44 bits per heavy atom. The van der Waals surface area contributed by atoms with Gasteiger partial charge in [0.25, 0.3) is 5.69 Å². The first-order valence-corrected chi connectivity index (χ1v) is 7.69. The van der Waals surface area contributed by atoms with E-state index in [2.05, 4.69) is 15.9 Å². The lowest BCUT2D eigenvalue weighted by molar-refractivity contribution is -0.385. The van der Waals surface area contributed by atoms with Crippen LogP contribution in [-0.2, 0) is 19.1 Å². The number of nitrogens with zero attached hydrogens (tertiary/aromatic N) is 2. The molecule has 8 nitrogen and oxygen atoms in total. The maximum absolute atomic E-state index is 12.3. The van der Waals surface area contributed by atoms with Crippen LogP contribution in [0, 0.1) is 10.1 Å². The van der Waals surface area contributed by atoms with Crippen molar-refractivity contribution in [3.8, 4) is 0 Å². The van der Waals surface area contributed by atoms with Gasteiger partial charge in [-0.3, -0.25) is 10.1 Å². The van der Waals surface area contributed by atoms with Crippen molar-refractivity contribution in [3.63, 3.8) is 0 Å². The third-order valence-corrected chi connectivity index (χ3v) is 3.96. The molecular formula is C16H13BrN2O6. The first-order chi connectivity index (χ1) is 11.9. The highest BCUT2D eigenvalue weighted by Crippen LogP contribution is 2.33. The van der Waals surface area contributed by atoms with E-state index in [1.165, 1.54) is 43.5 Å². The minimum absolute atomic E-state index is 0.0371. The number of rotatable bonds is 4. The molecule has 1 aliphatic rings. The maximum Gasteiger partial charge on any atom is 0.355 e. The van der Waals surface area contributed by atoms with Crippen LogP contribution in [0.25, 0.3) is 0 Å². The largest absolute Gasteiger partial charge is 0.465 e. The highest BCUT2D eigenvalue weighted by molar-refractivity contribution is 9.10. The average molecular weight is 409 g/mol. The SMILES string of the molecule is COC(=O)C1=C(C(=O)OC)N(c2ccc(Br)c([N+](=O)[O-])c2)C=CC=C1. The van der Waals surface area contributed by atoms with E-state index in [9.17, 15) is 19.7 Å². The van der Waals surface area contributed by atoms with Gasteiger partial charge in [-0.05, 0) is 40.2 Å². The zero-order chi connectivity index (χ0) is 18.6. The van der Waals surface area contributed by atoms with Crippen LogP contribution < -0.4 is 4.90 Å². The molecule has 0 bridgehead atoms. The first kappa shape index (κ1) is 18.4. The fourth-order valence-electron chi connectivity index (χ4n) is 2.16. The van der Waals surface area contributed by atoms with Crippen LogP contribution in [0.1, 0.15) is 0 Å². The number of carbonyl (C=O) groups is 2. The fraction of sp³-hybridized carbons (Fsp3) is 0.125. The summed E-state index contributed by atoms with van der Waals surface area (Å²) in [6.45, 7) is 0. The minimum Gasteiger partial charge on any atom is -0.465 e. The number of carbonyl (C=O) groups excluding carboxylic acids is 2. The standard InChI is InChI=1S/C16H13BrN2O6/c1-24-15(20)11-5-3-4-8-18(14(11)16(21)25-2)10-6-7-12(17)13(9-10)19(22)23/h3-9H,1-2H3. The predicted octanol–water partition coefficient (Wildman–Crippen LogP) is 2.85. The number of allylic oxidation sites excluding steroid dienone is 2. The van der Waals surface area contributed by atoms with E-state index in [-0.39, 0.29) is 21.4 Å². The van der Waals surface area contributed by atoms with Gasteiger partial charge in [-0.15, -0.1) is 0 Å². The van der Waals surface area contributed by atoms with Crippen molar-refractivity contribution in [2.24, 2.45) is 0 Å². The molecule has 0 spiro atoms. The van der Waals surface area contributed by atoms with Gasteiger partial charge in [0.1, 0.15) is 5.70 Å². The molecule has 1 heterocycles. The van der Waals surface area contributed by atoms with Gasteiger partial charge in [-0.1, -0.05) is 6.08 Å². The summed E-state index contributed by atoms with van der Waals surface area (Å²) in [5, 5.41) is 11.2. The van der Waals surface area contributed by atoms with Crippen LogP contribution in [0.4, 0.5) is 11.4 Å². The van der Waals surface area contributed by atoms with Gasteiger partial charge < -0.3 is 14.4 Å². The molecule has 0 unspecified atom stereocenters. The Bertz CT molecular complexity index is 828. The lowest BCUT2D eigenvalue weighted by Crippen LogP contribution is -2.27. The Morgan fingerprint density at radius 2 is 1.84 bits per heavy atom. The minimum atomic E-state index is -0.790. The van der Waals surface area contributed by atoms with E-state index in [0.717, 1.165) is 0 Å². The fourth-order valence-corrected chi connectivity index (χ4v) is 2.55. The van der Waals surface area contributed by atoms with E-state index >= 15 is 0 Å². The molecule has 0 saturated heterocycles. The molecule has 0 fully saturated rings. The molecule has 1 aromatic rings. The number of halogens is 1. The summed E-state index contributed by atoms with van der Waals surface area (Å²) in [5.41, 5.74) is -0.0375. The van der Waals surface area contributed by atoms with Gasteiger partial charge in [-0.25, -0.2) is 9.59 Å². The Hall–Kier alpha value is -2.94. The number of ether oxygens (including phenoxy) is 2. The normalized spacial score (nSPS) is 13.5. The van der Waals surface area contributed by atoms with Crippen LogP contribution in [0.5, 0.6) is 0 Å². The molecule has 0 radical (unpaired) electrons. The molecule has 2 rings (SSSR count). The van der Waals surface area contributed by atoms with E-state index in [4.69, 9.17) is 9.47 Å². The Kier molecular flexibility index (Phi) is 5.71. The van der Waals surface area contributed by atoms with Gasteiger partial charge >= 0.3 is 11.9 Å². The van der Waals surface area contributed by atoms with Crippen molar-refractivity contribution in [2.75, 3.05) is 19.1 Å². The highest BCUT2D eigenvalue weighted by atomic mass is 79.9. The predicted molar refractivity (Wildman–Crippen MR) is 92.6 cm³/mol. The lowest BCUT2D eigenvalue weighted by atomic mass is 10.1. The second-order valence-corrected chi connectivity index (χ2v) is 5.56. The zero-order valence-electron chi connectivity index (χ0n) is 13.3. The summed E-state index contributed by atoms with van der Waals surface area (Å²) in [7, 11) is 2.36. The molecule has 0 saturated carbocycles. The molecule has 1 aromatic carbocycles. The van der Waals surface area contributed by atoms with Crippen LogP contribution in [0.2, 0.25) is 0 Å². The van der Waals surface area contributed by atoms with Crippen LogP contribution in [0.3, 0.4) is 0 Å². The Balaban J connectivity index is 2.69. The zero-order valence-corrected chi connectivity index (χ0v) is 14.8. The molecule has 0 aliphatic carbocycles. The van der Waals surface area contributed by atoms with E-state index in [0.29, 0.717) is 5.69 Å². The molecule has 0 amide bonds. The summed E-state index contributed by atoms with van der Waals surface area (Å²) in [6.07, 6.45) is 6.02. The molecule has 0 aromatic heterocycles. The molecule has 0 N–H and O–H groups in total. The van der Waals surface area contributed by atoms with Crippen molar-refractivity contribution >= 4 is 39.2 Å². The van der Waals surface area contributed by atoms with Crippen molar-refractivity contribution < 1.29 is 24.0 Å². The highest BCUT2D eigenvalue weighted by Gasteiger charge is 2.28. The second-order valence-electron chi connectivity index (χ2n) is 4.71. The Labute approximate surface area is 151 Å². The molecule has 130 valence electrons. The topological polar surface area (TPSA) is 99.0 Å². The number of nitro benzene ring substituents is 1. The number of hydrogen-bond donors (Lipinski definition) is 0. The third-order valence-electron chi connectivity index (χ3n) is 3.29. The van der Waals surface area contributed by atoms with Crippen molar-refractivity contribution in [1.82, 2.24) is 0 Å². The average Bonchev–Trinajstić information content (AvgIpc) is 2.83. The van der Waals surface area contributed by atoms with Crippen molar-refractivity contribution in [1.29, 1.82) is 0 Å². The summed E-state index contributed by atoms with van der Waals surface area (Å²) >= 11 is 3.11. The summed E-state index contributed by atoms with van der Waals surface area (Å²) in [4.78, 5) is 36.3. The number of methoxy groups -OCH3 is 2. The Morgan fingerprint density at radius 1 is 1.16 bits per heavy atom. The smallest absolute Gasteiger partial charge is 0.355 e. The van der Waals surface area contributed by atoms with E-state index < -0.39 is 16.9 Å². The van der Waals surface area contributed by atoms with Crippen LogP contribution in [-0.4, -0.2) is 31.1 Å². The second kappa shape index (κ2) is 7.75. The van der Waals surface area contributed by atoms with Crippen LogP contribution in [0.15, 0.2) is 58.4 Å². The third kappa shape index (κ3) is 3.77. The van der Waals surface area contributed by atoms with E-state index in [1.807, 2.05) is 0 Å². The van der Waals surface area contributed by atoms with Crippen molar-refractivity contribution in [3.05, 3.63) is 68.5 Å². The summed E-state index contributed by atoms with van der Waals surface area (Å²) in [5.74, 6) is -1.53. The lowest BCUT2D eigenvalue weighted by Gasteiger charge is -2.23. The van der Waals surface area contributed by atoms with Gasteiger partial charge in [0, 0.05) is 12.3 Å². The molecule has 25 heavy (non-hydrogen) atoms. The summed E-state index contributed by atoms with van der Waals surface area (Å²) < 4.78 is 9.76. The van der Waals surface area contributed by atoms with Crippen LogP contribution >= 0.6 is 15.9 Å². The number of anilines is 1. The monoisotopic (exact) mass is 408 g/mol. The number of benzene rings is 1. The van der Waals surface area contributed by atoms with Gasteiger partial charge in [0.05, 0.1) is 34.9 Å².